The zero-order valence-corrected chi connectivity index (χ0v) is 9.53. The summed E-state index contributed by atoms with van der Waals surface area (Å²) in [4.78, 5) is 24.8. The van der Waals surface area contributed by atoms with E-state index in [0.717, 1.165) is 0 Å². The van der Waals surface area contributed by atoms with Crippen LogP contribution in [0.25, 0.3) is 0 Å². The lowest BCUT2D eigenvalue weighted by Gasteiger charge is -2.37. The summed E-state index contributed by atoms with van der Waals surface area (Å²) in [6, 6.07) is -0.887. The minimum absolute atomic E-state index is 0.0859. The molecule has 4 N–H and O–H groups in total. The standard InChI is InChI=1S/C9H18N4O3/c1-6-8(14)11-3-4-13(6)7(5-16-2)9(15)12-10/h6-7H,3-5,10H2,1-2H3,(H,11,14)(H,12,15). The summed E-state index contributed by atoms with van der Waals surface area (Å²) < 4.78 is 4.97. The highest BCUT2D eigenvalue weighted by atomic mass is 16.5. The van der Waals surface area contributed by atoms with Crippen molar-refractivity contribution < 1.29 is 14.3 Å². The second-order valence-electron chi connectivity index (χ2n) is 3.68. The number of amides is 2. The molecule has 1 rings (SSSR count). The Labute approximate surface area is 94.3 Å². The number of carbonyl (C=O) groups excluding carboxylic acids is 2. The molecule has 1 saturated heterocycles. The highest BCUT2D eigenvalue weighted by Gasteiger charge is 2.34. The van der Waals surface area contributed by atoms with Crippen LogP contribution in [-0.2, 0) is 14.3 Å². The van der Waals surface area contributed by atoms with E-state index in [9.17, 15) is 9.59 Å². The Morgan fingerprint density at radius 2 is 2.50 bits per heavy atom. The maximum Gasteiger partial charge on any atom is 0.253 e. The molecule has 0 bridgehead atoms. The molecule has 92 valence electrons. The van der Waals surface area contributed by atoms with Crippen LogP contribution in [-0.4, -0.2) is 55.6 Å². The average molecular weight is 230 g/mol. The lowest BCUT2D eigenvalue weighted by atomic mass is 10.1. The van der Waals surface area contributed by atoms with Crippen LogP contribution < -0.4 is 16.6 Å². The van der Waals surface area contributed by atoms with Gasteiger partial charge in [0.1, 0.15) is 6.04 Å². The summed E-state index contributed by atoms with van der Waals surface area (Å²) in [7, 11) is 1.51. The number of methoxy groups -OCH3 is 1. The summed E-state index contributed by atoms with van der Waals surface area (Å²) >= 11 is 0. The first kappa shape index (κ1) is 12.9. The number of hydrogen-bond donors (Lipinski definition) is 3. The van der Waals surface area contributed by atoms with E-state index in [2.05, 4.69) is 10.7 Å². The molecular weight excluding hydrogens is 212 g/mol. The summed E-state index contributed by atoms with van der Waals surface area (Å²) in [5, 5.41) is 2.73. The minimum atomic E-state index is -0.531. The van der Waals surface area contributed by atoms with Crippen molar-refractivity contribution in [3.05, 3.63) is 0 Å². The highest BCUT2D eigenvalue weighted by Crippen LogP contribution is 2.09. The predicted octanol–water partition coefficient (Wildman–Crippen LogP) is -2.19. The van der Waals surface area contributed by atoms with Crippen molar-refractivity contribution in [3.63, 3.8) is 0 Å². The molecule has 0 aliphatic carbocycles. The molecule has 0 radical (unpaired) electrons. The van der Waals surface area contributed by atoms with Gasteiger partial charge in [0.2, 0.25) is 5.91 Å². The molecule has 2 amide bonds. The molecule has 0 aromatic rings. The molecule has 0 spiro atoms. The number of nitrogens with two attached hydrogens (primary N) is 1. The van der Waals surface area contributed by atoms with Gasteiger partial charge in [-0.1, -0.05) is 0 Å². The number of nitrogens with one attached hydrogen (secondary N) is 2. The Hall–Kier alpha value is -1.18. The van der Waals surface area contributed by atoms with Crippen LogP contribution in [0.15, 0.2) is 0 Å². The SMILES string of the molecule is COCC(C(=O)NN)N1CCNC(=O)C1C. The Bertz CT molecular complexity index is 271. The van der Waals surface area contributed by atoms with Crippen molar-refractivity contribution >= 4 is 11.8 Å². The van der Waals surface area contributed by atoms with E-state index in [0.29, 0.717) is 13.1 Å². The Balaban J connectivity index is 2.76. The fourth-order valence-corrected chi connectivity index (χ4v) is 1.80. The van der Waals surface area contributed by atoms with Crippen LogP contribution in [0.5, 0.6) is 0 Å². The minimum Gasteiger partial charge on any atom is -0.383 e. The number of nitrogens with zero attached hydrogens (tertiary/aromatic N) is 1. The van der Waals surface area contributed by atoms with E-state index in [1.165, 1.54) is 7.11 Å². The predicted molar refractivity (Wildman–Crippen MR) is 57.2 cm³/mol. The molecule has 0 aromatic carbocycles. The molecule has 0 aromatic heterocycles. The molecule has 0 saturated carbocycles. The van der Waals surface area contributed by atoms with Gasteiger partial charge in [-0.2, -0.15) is 0 Å². The quantitative estimate of drug-likeness (QED) is 0.290. The van der Waals surface area contributed by atoms with Crippen molar-refractivity contribution in [3.8, 4) is 0 Å². The lowest BCUT2D eigenvalue weighted by Crippen LogP contribution is -2.62. The zero-order chi connectivity index (χ0) is 12.1. The smallest absolute Gasteiger partial charge is 0.253 e. The third-order valence-corrected chi connectivity index (χ3v) is 2.72. The first-order chi connectivity index (χ1) is 7.61. The molecule has 2 atom stereocenters. The topological polar surface area (TPSA) is 96.7 Å². The number of hydrazine groups is 1. The van der Waals surface area contributed by atoms with E-state index in [4.69, 9.17) is 10.6 Å². The summed E-state index contributed by atoms with van der Waals surface area (Å²) in [6.07, 6.45) is 0. The molecule has 7 heteroatoms. The van der Waals surface area contributed by atoms with E-state index in [1.807, 2.05) is 0 Å². The van der Waals surface area contributed by atoms with E-state index in [-0.39, 0.29) is 24.5 Å². The lowest BCUT2D eigenvalue weighted by molar-refractivity contribution is -0.136. The second-order valence-corrected chi connectivity index (χ2v) is 3.68. The highest BCUT2D eigenvalue weighted by molar-refractivity contribution is 5.85. The molecule has 1 aliphatic heterocycles. The molecule has 1 heterocycles. The van der Waals surface area contributed by atoms with Crippen LogP contribution in [0.2, 0.25) is 0 Å². The molecule has 2 unspecified atom stereocenters. The van der Waals surface area contributed by atoms with Gasteiger partial charge in [-0.25, -0.2) is 5.84 Å². The molecule has 1 aliphatic rings. The van der Waals surface area contributed by atoms with E-state index < -0.39 is 6.04 Å². The second kappa shape index (κ2) is 5.78. The van der Waals surface area contributed by atoms with E-state index in [1.54, 1.807) is 11.8 Å². The van der Waals surface area contributed by atoms with Gasteiger partial charge in [0.15, 0.2) is 0 Å². The van der Waals surface area contributed by atoms with Gasteiger partial charge in [0, 0.05) is 20.2 Å². The fraction of sp³-hybridized carbons (Fsp3) is 0.778. The van der Waals surface area contributed by atoms with Crippen LogP contribution in [0.4, 0.5) is 0 Å². The maximum absolute atomic E-state index is 11.6. The maximum atomic E-state index is 11.6. The number of rotatable bonds is 4. The fourth-order valence-electron chi connectivity index (χ4n) is 1.80. The van der Waals surface area contributed by atoms with Crippen molar-refractivity contribution in [1.82, 2.24) is 15.6 Å². The van der Waals surface area contributed by atoms with Crippen LogP contribution >= 0.6 is 0 Å². The Morgan fingerprint density at radius 3 is 3.06 bits per heavy atom. The van der Waals surface area contributed by atoms with Gasteiger partial charge in [-0.3, -0.25) is 19.9 Å². The van der Waals surface area contributed by atoms with Crippen LogP contribution in [0.1, 0.15) is 6.92 Å². The summed E-state index contributed by atoms with van der Waals surface area (Å²) in [5.41, 5.74) is 2.09. The molecule has 16 heavy (non-hydrogen) atoms. The number of piperazine rings is 1. The monoisotopic (exact) mass is 230 g/mol. The average Bonchev–Trinajstić information content (AvgIpc) is 2.29. The third kappa shape index (κ3) is 2.69. The number of carbonyl (C=O) groups is 2. The normalized spacial score (nSPS) is 23.7. The van der Waals surface area contributed by atoms with Crippen molar-refractivity contribution in [2.24, 2.45) is 5.84 Å². The van der Waals surface area contributed by atoms with E-state index >= 15 is 0 Å². The Kier molecular flexibility index (Phi) is 4.66. The summed E-state index contributed by atoms with van der Waals surface area (Å²) in [5.74, 6) is 4.68. The largest absolute Gasteiger partial charge is 0.383 e. The van der Waals surface area contributed by atoms with Gasteiger partial charge in [0.05, 0.1) is 12.6 Å². The van der Waals surface area contributed by atoms with Crippen LogP contribution in [0.3, 0.4) is 0 Å². The first-order valence-electron chi connectivity index (χ1n) is 5.14. The van der Waals surface area contributed by atoms with Gasteiger partial charge < -0.3 is 10.1 Å². The van der Waals surface area contributed by atoms with Gasteiger partial charge in [-0.05, 0) is 6.92 Å². The third-order valence-electron chi connectivity index (χ3n) is 2.72. The Morgan fingerprint density at radius 1 is 1.81 bits per heavy atom. The van der Waals surface area contributed by atoms with Crippen molar-refractivity contribution in [2.45, 2.75) is 19.0 Å². The van der Waals surface area contributed by atoms with Crippen LogP contribution in [0, 0.1) is 0 Å². The van der Waals surface area contributed by atoms with Gasteiger partial charge in [-0.15, -0.1) is 0 Å². The van der Waals surface area contributed by atoms with Gasteiger partial charge in [0.25, 0.3) is 5.91 Å². The first-order valence-corrected chi connectivity index (χ1v) is 5.14. The molecular formula is C9H18N4O3. The van der Waals surface area contributed by atoms with Crippen molar-refractivity contribution in [2.75, 3.05) is 26.8 Å². The zero-order valence-electron chi connectivity index (χ0n) is 9.53. The van der Waals surface area contributed by atoms with Crippen molar-refractivity contribution in [1.29, 1.82) is 0 Å². The van der Waals surface area contributed by atoms with Gasteiger partial charge >= 0.3 is 0 Å². The number of ether oxygens (including phenoxy) is 1. The number of hydrogen-bond acceptors (Lipinski definition) is 5. The molecule has 7 nitrogen and oxygen atoms in total. The molecule has 1 fully saturated rings. The summed E-state index contributed by atoms with van der Waals surface area (Å²) in [6.45, 7) is 3.09.